The van der Waals surface area contributed by atoms with E-state index in [9.17, 15) is 0 Å². The summed E-state index contributed by atoms with van der Waals surface area (Å²) in [5, 5.41) is 10.7. The summed E-state index contributed by atoms with van der Waals surface area (Å²) in [6.07, 6.45) is 0. The highest BCUT2D eigenvalue weighted by molar-refractivity contribution is 6.28. The summed E-state index contributed by atoms with van der Waals surface area (Å²) in [6, 6.07) is 43.4. The molecule has 0 bridgehead atoms. The van der Waals surface area contributed by atoms with Gasteiger partial charge in [-0.15, -0.1) is 0 Å². The van der Waals surface area contributed by atoms with E-state index in [2.05, 4.69) is 126 Å². The van der Waals surface area contributed by atoms with E-state index in [1.165, 1.54) is 49.0 Å². The molecule has 0 aliphatic heterocycles. The van der Waals surface area contributed by atoms with Crippen molar-refractivity contribution in [3.63, 3.8) is 0 Å². The normalized spacial score (nSPS) is 12.5. The van der Waals surface area contributed by atoms with Crippen molar-refractivity contribution in [2.45, 2.75) is 0 Å². The van der Waals surface area contributed by atoms with E-state index in [1.807, 2.05) is 0 Å². The molecule has 4 aromatic heterocycles. The fourth-order valence-electron chi connectivity index (χ4n) is 6.83. The van der Waals surface area contributed by atoms with Gasteiger partial charge in [-0.25, -0.2) is 4.98 Å². The molecule has 0 saturated carbocycles. The third kappa shape index (κ3) is 2.52. The van der Waals surface area contributed by atoms with Crippen LogP contribution in [0.25, 0.3) is 93.0 Å². The summed E-state index contributed by atoms with van der Waals surface area (Å²) < 4.78 is 9.01. The van der Waals surface area contributed by atoms with E-state index in [0.717, 1.165) is 44.0 Å². The van der Waals surface area contributed by atoms with Crippen LogP contribution in [0, 0.1) is 0 Å². The highest BCUT2D eigenvalue weighted by atomic mass is 16.3. The second-order valence-electron chi connectivity index (χ2n) is 10.8. The Labute approximate surface area is 227 Å². The van der Waals surface area contributed by atoms with Crippen LogP contribution in [0.1, 0.15) is 0 Å². The van der Waals surface area contributed by atoms with E-state index in [4.69, 9.17) is 9.40 Å². The van der Waals surface area contributed by atoms with Crippen molar-refractivity contribution in [2.24, 2.45) is 0 Å². The van der Waals surface area contributed by atoms with E-state index < -0.39 is 0 Å². The van der Waals surface area contributed by atoms with Gasteiger partial charge in [-0.05, 0) is 58.3 Å². The minimum Gasteiger partial charge on any atom is -0.454 e. The van der Waals surface area contributed by atoms with Gasteiger partial charge in [-0.1, -0.05) is 84.9 Å². The largest absolute Gasteiger partial charge is 0.454 e. The van der Waals surface area contributed by atoms with Crippen LogP contribution in [0.5, 0.6) is 0 Å². The van der Waals surface area contributed by atoms with Crippen LogP contribution in [-0.2, 0) is 0 Å². The number of benzene rings is 6. The number of hydrogen-bond acceptors (Lipinski definition) is 2. The van der Waals surface area contributed by atoms with Crippen molar-refractivity contribution < 1.29 is 4.42 Å². The van der Waals surface area contributed by atoms with Crippen molar-refractivity contribution in [1.29, 1.82) is 0 Å². The van der Waals surface area contributed by atoms with Crippen LogP contribution in [0.4, 0.5) is 0 Å². The molecule has 184 valence electrons. The molecule has 0 saturated heterocycles. The van der Waals surface area contributed by atoms with Crippen LogP contribution in [0.2, 0.25) is 0 Å². The molecule has 0 fully saturated rings. The molecule has 0 N–H and O–H groups in total. The van der Waals surface area contributed by atoms with Crippen LogP contribution < -0.4 is 0 Å². The number of para-hydroxylation sites is 2. The van der Waals surface area contributed by atoms with Gasteiger partial charge in [-0.2, -0.15) is 0 Å². The predicted molar refractivity (Wildman–Crippen MR) is 167 cm³/mol. The Hall–Kier alpha value is -5.41. The monoisotopic (exact) mass is 508 g/mol. The van der Waals surface area contributed by atoms with Gasteiger partial charge in [0.05, 0.1) is 16.6 Å². The van der Waals surface area contributed by atoms with E-state index in [0.29, 0.717) is 0 Å². The van der Waals surface area contributed by atoms with Crippen LogP contribution in [-0.4, -0.2) is 9.38 Å². The Bertz CT molecular complexity index is 2660. The number of pyridine rings is 1. The molecule has 0 atom stereocenters. The van der Waals surface area contributed by atoms with E-state index in [-0.39, 0.29) is 0 Å². The van der Waals surface area contributed by atoms with Gasteiger partial charge in [0, 0.05) is 37.7 Å². The zero-order chi connectivity index (χ0) is 25.9. The fraction of sp³-hybridized carbons (Fsp3) is 0. The maximum atomic E-state index is 6.68. The van der Waals surface area contributed by atoms with Crippen molar-refractivity contribution in [2.75, 3.05) is 0 Å². The SMILES string of the molecule is c1ccc2cc(-c3ccc4oc5c(ccc6c7cccc8c9cc%10ccccc%10nc9n(c87)c65)c4c3)ccc2c1. The molecule has 0 spiro atoms. The molecule has 3 heteroatoms. The standard InChI is InChI=1S/C37H20N2O/c1-2-7-22-18-23(13-12-21(22)6-1)24-14-17-33-30(19-24)29-16-15-28-26-9-5-10-27-31-20-25-8-3-4-11-32(25)38-37(31)39(34(26)27)35(28)36(29)40-33/h1-20H. The highest BCUT2D eigenvalue weighted by Crippen LogP contribution is 2.44. The topological polar surface area (TPSA) is 30.4 Å². The lowest BCUT2D eigenvalue weighted by Crippen LogP contribution is -1.86. The number of rotatable bonds is 1. The second kappa shape index (κ2) is 7.16. The Morgan fingerprint density at radius 3 is 2.12 bits per heavy atom. The van der Waals surface area contributed by atoms with Crippen LogP contribution in [0.3, 0.4) is 0 Å². The lowest BCUT2D eigenvalue weighted by atomic mass is 9.99. The molecule has 10 aromatic rings. The molecule has 6 aromatic carbocycles. The second-order valence-corrected chi connectivity index (χ2v) is 10.8. The van der Waals surface area contributed by atoms with Gasteiger partial charge < -0.3 is 4.42 Å². The third-order valence-corrected chi connectivity index (χ3v) is 8.68. The maximum absolute atomic E-state index is 6.68. The van der Waals surface area contributed by atoms with Gasteiger partial charge in [0.25, 0.3) is 0 Å². The molecule has 0 aliphatic carbocycles. The number of nitrogens with zero attached hydrogens (tertiary/aromatic N) is 2. The van der Waals surface area contributed by atoms with Crippen LogP contribution >= 0.6 is 0 Å². The first kappa shape index (κ1) is 20.5. The molecule has 10 rings (SSSR count). The summed E-state index contributed by atoms with van der Waals surface area (Å²) in [5.41, 5.74) is 8.48. The maximum Gasteiger partial charge on any atom is 0.160 e. The summed E-state index contributed by atoms with van der Waals surface area (Å²) in [4.78, 5) is 5.18. The molecule has 0 unspecified atom stereocenters. The number of furan rings is 1. The zero-order valence-corrected chi connectivity index (χ0v) is 21.3. The van der Waals surface area contributed by atoms with Gasteiger partial charge in [0.2, 0.25) is 0 Å². The minimum atomic E-state index is 0.898. The minimum absolute atomic E-state index is 0.898. The van der Waals surface area contributed by atoms with Gasteiger partial charge in [-0.3, -0.25) is 4.40 Å². The first-order chi connectivity index (χ1) is 19.8. The summed E-state index contributed by atoms with van der Waals surface area (Å²) in [5.74, 6) is 0. The highest BCUT2D eigenvalue weighted by Gasteiger charge is 2.22. The number of aromatic nitrogens is 2. The molecule has 0 amide bonds. The summed E-state index contributed by atoms with van der Waals surface area (Å²) >= 11 is 0. The third-order valence-electron chi connectivity index (χ3n) is 8.68. The van der Waals surface area contributed by atoms with Crippen molar-refractivity contribution in [3.8, 4) is 11.1 Å². The summed E-state index contributed by atoms with van der Waals surface area (Å²) in [6.45, 7) is 0. The average molecular weight is 509 g/mol. The molecular formula is C37H20N2O. The Morgan fingerprint density at radius 2 is 1.20 bits per heavy atom. The Kier molecular flexibility index (Phi) is 3.68. The van der Waals surface area contributed by atoms with Crippen molar-refractivity contribution in [1.82, 2.24) is 9.38 Å². The number of hydrogen-bond donors (Lipinski definition) is 0. The molecule has 40 heavy (non-hydrogen) atoms. The average Bonchev–Trinajstić information content (AvgIpc) is 3.66. The van der Waals surface area contributed by atoms with Gasteiger partial charge in [0.1, 0.15) is 11.2 Å². The molecule has 0 aliphatic rings. The molecule has 3 nitrogen and oxygen atoms in total. The van der Waals surface area contributed by atoms with E-state index in [1.54, 1.807) is 0 Å². The fourth-order valence-corrected chi connectivity index (χ4v) is 6.83. The van der Waals surface area contributed by atoms with Crippen molar-refractivity contribution >= 4 is 81.8 Å². The smallest absolute Gasteiger partial charge is 0.160 e. The summed E-state index contributed by atoms with van der Waals surface area (Å²) in [7, 11) is 0. The predicted octanol–water partition coefficient (Wildman–Crippen LogP) is 10.1. The first-order valence-corrected chi connectivity index (χ1v) is 13.6. The van der Waals surface area contributed by atoms with Gasteiger partial charge >= 0.3 is 0 Å². The Morgan fingerprint density at radius 1 is 0.475 bits per heavy atom. The quantitative estimate of drug-likeness (QED) is 0.221. The molecule has 0 radical (unpaired) electrons. The lowest BCUT2D eigenvalue weighted by Gasteiger charge is -2.04. The number of fused-ring (bicyclic) bond motifs is 12. The van der Waals surface area contributed by atoms with Crippen molar-refractivity contribution in [3.05, 3.63) is 121 Å². The van der Waals surface area contributed by atoms with Gasteiger partial charge in [0.15, 0.2) is 5.58 Å². The first-order valence-electron chi connectivity index (χ1n) is 13.6. The Balaban J connectivity index is 1.32. The molecule has 4 heterocycles. The lowest BCUT2D eigenvalue weighted by molar-refractivity contribution is 0.671. The van der Waals surface area contributed by atoms with E-state index >= 15 is 0 Å². The zero-order valence-electron chi connectivity index (χ0n) is 21.3. The van der Waals surface area contributed by atoms with Crippen LogP contribution in [0.15, 0.2) is 126 Å². The molecular weight excluding hydrogens is 488 g/mol.